The molecule has 114 valence electrons. The van der Waals surface area contributed by atoms with Crippen LogP contribution in [0.5, 0.6) is 0 Å². The Morgan fingerprint density at radius 2 is 2.24 bits per heavy atom. The van der Waals surface area contributed by atoms with E-state index in [-0.39, 0.29) is 5.91 Å². The Balaban J connectivity index is 1.33. The van der Waals surface area contributed by atoms with E-state index in [0.717, 1.165) is 45.1 Å². The number of piperazine rings is 1. The van der Waals surface area contributed by atoms with Gasteiger partial charge in [-0.1, -0.05) is 0 Å². The lowest BCUT2D eigenvalue weighted by atomic mass is 10.1. The van der Waals surface area contributed by atoms with E-state index in [9.17, 15) is 4.79 Å². The summed E-state index contributed by atoms with van der Waals surface area (Å²) in [6.45, 7) is 4.48. The molecule has 21 heavy (non-hydrogen) atoms. The van der Waals surface area contributed by atoms with Crippen molar-refractivity contribution in [2.75, 3.05) is 32.8 Å². The minimum atomic E-state index is 0.0157. The Bertz CT molecular complexity index is 498. The van der Waals surface area contributed by atoms with E-state index in [1.807, 2.05) is 4.90 Å². The summed E-state index contributed by atoms with van der Waals surface area (Å²) < 4.78 is 11.2. The highest BCUT2D eigenvalue weighted by Gasteiger charge is 2.38. The van der Waals surface area contributed by atoms with E-state index >= 15 is 0 Å². The van der Waals surface area contributed by atoms with Gasteiger partial charge in [-0.15, -0.1) is 0 Å². The van der Waals surface area contributed by atoms with Crippen molar-refractivity contribution in [2.24, 2.45) is 5.92 Å². The molecule has 3 heterocycles. The lowest BCUT2D eigenvalue weighted by Gasteiger charge is -2.36. The van der Waals surface area contributed by atoms with Gasteiger partial charge in [-0.05, 0) is 37.3 Å². The molecule has 2 aliphatic heterocycles. The normalized spacial score (nSPS) is 29.6. The number of rotatable bonds is 4. The Labute approximate surface area is 124 Å². The van der Waals surface area contributed by atoms with Crippen molar-refractivity contribution in [3.8, 4) is 0 Å². The quantitative estimate of drug-likeness (QED) is 0.845. The number of nitrogens with zero attached hydrogens (tertiary/aromatic N) is 2. The molecule has 3 fully saturated rings. The highest BCUT2D eigenvalue weighted by atomic mass is 16.5. The highest BCUT2D eigenvalue weighted by molar-refractivity contribution is 5.91. The molecule has 5 nitrogen and oxygen atoms in total. The molecule has 5 heteroatoms. The van der Waals surface area contributed by atoms with Crippen LogP contribution in [0.15, 0.2) is 22.8 Å². The number of hydrogen-bond acceptors (Lipinski definition) is 4. The van der Waals surface area contributed by atoms with E-state index in [2.05, 4.69) is 4.90 Å². The largest absolute Gasteiger partial charge is 0.459 e. The zero-order chi connectivity index (χ0) is 14.2. The average molecular weight is 290 g/mol. The molecule has 0 spiro atoms. The van der Waals surface area contributed by atoms with Crippen LogP contribution in [0.3, 0.4) is 0 Å². The molecule has 0 aromatic carbocycles. The van der Waals surface area contributed by atoms with Crippen LogP contribution < -0.4 is 0 Å². The molecular formula is C16H22N2O3. The third-order valence-corrected chi connectivity index (χ3v) is 4.86. The summed E-state index contributed by atoms with van der Waals surface area (Å²) in [6.07, 6.45) is 5.64. The van der Waals surface area contributed by atoms with Gasteiger partial charge in [0.25, 0.3) is 5.91 Å². The molecule has 2 atom stereocenters. The fourth-order valence-electron chi connectivity index (χ4n) is 3.41. The topological polar surface area (TPSA) is 45.9 Å². The molecule has 0 bridgehead atoms. The highest BCUT2D eigenvalue weighted by Crippen LogP contribution is 2.31. The Hall–Kier alpha value is -1.33. The average Bonchev–Trinajstić information content (AvgIpc) is 3.02. The first-order valence-corrected chi connectivity index (χ1v) is 7.98. The van der Waals surface area contributed by atoms with Gasteiger partial charge in [0.05, 0.1) is 12.4 Å². The van der Waals surface area contributed by atoms with Gasteiger partial charge in [-0.3, -0.25) is 9.69 Å². The zero-order valence-corrected chi connectivity index (χ0v) is 12.2. The predicted octanol–water partition coefficient (Wildman–Crippen LogP) is 1.60. The van der Waals surface area contributed by atoms with Crippen molar-refractivity contribution in [3.05, 3.63) is 24.2 Å². The van der Waals surface area contributed by atoms with Crippen LogP contribution >= 0.6 is 0 Å². The maximum absolute atomic E-state index is 12.3. The summed E-state index contributed by atoms with van der Waals surface area (Å²) in [6, 6.07) is 3.95. The van der Waals surface area contributed by atoms with Gasteiger partial charge in [0.15, 0.2) is 5.76 Å². The number of furan rings is 1. The first-order chi connectivity index (χ1) is 10.3. The monoisotopic (exact) mass is 290 g/mol. The fourth-order valence-corrected chi connectivity index (χ4v) is 3.41. The van der Waals surface area contributed by atoms with Crippen molar-refractivity contribution in [1.29, 1.82) is 0 Å². The van der Waals surface area contributed by atoms with E-state index in [1.54, 1.807) is 18.4 Å². The standard InChI is InChI=1S/C16H22N2O3/c19-16(15-2-1-7-20-15)18-6-5-17-10-14(8-13(17)9-18)21-11-12-3-4-12/h1-2,7,12-14H,3-6,8-11H2/t13-,14-/m0/s1. The molecule has 1 amide bonds. The van der Waals surface area contributed by atoms with Gasteiger partial charge >= 0.3 is 0 Å². The van der Waals surface area contributed by atoms with E-state index in [1.165, 1.54) is 12.8 Å². The van der Waals surface area contributed by atoms with Crippen LogP contribution in [0.4, 0.5) is 0 Å². The molecular weight excluding hydrogens is 268 g/mol. The van der Waals surface area contributed by atoms with Crippen LogP contribution in [0.25, 0.3) is 0 Å². The number of amides is 1. The van der Waals surface area contributed by atoms with Gasteiger partial charge in [0.2, 0.25) is 0 Å². The van der Waals surface area contributed by atoms with Crippen LogP contribution in [0.2, 0.25) is 0 Å². The first-order valence-electron chi connectivity index (χ1n) is 7.98. The van der Waals surface area contributed by atoms with Gasteiger partial charge < -0.3 is 14.1 Å². The SMILES string of the molecule is O=C(c1ccco1)N1CCN2C[C@@H](OCC3CC3)C[C@H]2C1. The van der Waals surface area contributed by atoms with E-state index in [0.29, 0.717) is 17.9 Å². The Morgan fingerprint density at radius 1 is 1.33 bits per heavy atom. The van der Waals surface area contributed by atoms with Crippen molar-refractivity contribution in [3.63, 3.8) is 0 Å². The van der Waals surface area contributed by atoms with Crippen molar-refractivity contribution in [2.45, 2.75) is 31.4 Å². The number of hydrogen-bond donors (Lipinski definition) is 0. The summed E-state index contributed by atoms with van der Waals surface area (Å²) in [5.41, 5.74) is 0. The lowest BCUT2D eigenvalue weighted by molar-refractivity contribution is 0.0483. The maximum Gasteiger partial charge on any atom is 0.289 e. The molecule has 4 rings (SSSR count). The molecule has 1 aliphatic carbocycles. The smallest absolute Gasteiger partial charge is 0.289 e. The van der Waals surface area contributed by atoms with Crippen molar-refractivity contribution >= 4 is 5.91 Å². The lowest BCUT2D eigenvalue weighted by Crippen LogP contribution is -2.52. The second-order valence-electron chi connectivity index (χ2n) is 6.51. The molecule has 1 saturated carbocycles. The Kier molecular flexibility index (Phi) is 3.47. The van der Waals surface area contributed by atoms with Gasteiger partial charge in [-0.2, -0.15) is 0 Å². The van der Waals surface area contributed by atoms with Gasteiger partial charge in [0, 0.05) is 38.8 Å². The van der Waals surface area contributed by atoms with Crippen LogP contribution in [0, 0.1) is 5.92 Å². The Morgan fingerprint density at radius 3 is 3.00 bits per heavy atom. The third-order valence-electron chi connectivity index (χ3n) is 4.86. The molecule has 1 aromatic rings. The van der Waals surface area contributed by atoms with Crippen LogP contribution in [0.1, 0.15) is 29.8 Å². The van der Waals surface area contributed by atoms with Gasteiger partial charge in [-0.25, -0.2) is 0 Å². The van der Waals surface area contributed by atoms with Gasteiger partial charge in [0.1, 0.15) is 0 Å². The van der Waals surface area contributed by atoms with Crippen LogP contribution in [-0.4, -0.2) is 60.6 Å². The maximum atomic E-state index is 12.3. The molecule has 1 aromatic heterocycles. The number of carbonyl (C=O) groups excluding carboxylic acids is 1. The summed E-state index contributed by atoms with van der Waals surface area (Å²) in [4.78, 5) is 16.7. The minimum Gasteiger partial charge on any atom is -0.459 e. The van der Waals surface area contributed by atoms with E-state index in [4.69, 9.17) is 9.15 Å². The molecule has 3 aliphatic rings. The number of ether oxygens (including phenoxy) is 1. The third kappa shape index (κ3) is 2.85. The summed E-state index contributed by atoms with van der Waals surface area (Å²) in [5, 5.41) is 0. The zero-order valence-electron chi connectivity index (χ0n) is 12.2. The number of fused-ring (bicyclic) bond motifs is 1. The summed E-state index contributed by atoms with van der Waals surface area (Å²) >= 11 is 0. The first kappa shape index (κ1) is 13.3. The summed E-state index contributed by atoms with van der Waals surface area (Å²) in [5.74, 6) is 1.28. The van der Waals surface area contributed by atoms with Crippen molar-refractivity contribution < 1.29 is 13.9 Å². The summed E-state index contributed by atoms with van der Waals surface area (Å²) in [7, 11) is 0. The fraction of sp³-hybridized carbons (Fsp3) is 0.688. The molecule has 0 N–H and O–H groups in total. The number of carbonyl (C=O) groups is 1. The minimum absolute atomic E-state index is 0.0157. The molecule has 0 radical (unpaired) electrons. The predicted molar refractivity (Wildman–Crippen MR) is 77.1 cm³/mol. The second kappa shape index (κ2) is 5.46. The molecule has 2 saturated heterocycles. The molecule has 0 unspecified atom stereocenters. The second-order valence-corrected chi connectivity index (χ2v) is 6.51. The van der Waals surface area contributed by atoms with Crippen molar-refractivity contribution in [1.82, 2.24) is 9.80 Å². The van der Waals surface area contributed by atoms with Crippen LogP contribution in [-0.2, 0) is 4.74 Å². The van der Waals surface area contributed by atoms with E-state index < -0.39 is 0 Å².